The van der Waals surface area contributed by atoms with Crippen LogP contribution >= 0.6 is 0 Å². The lowest BCUT2D eigenvalue weighted by Gasteiger charge is -2.20. The first-order valence-corrected chi connectivity index (χ1v) is 6.30. The van der Waals surface area contributed by atoms with E-state index in [-0.39, 0.29) is 12.5 Å². The Labute approximate surface area is 97.7 Å². The highest BCUT2D eigenvalue weighted by Gasteiger charge is 2.16. The normalized spacial score (nSPS) is 18.4. The van der Waals surface area contributed by atoms with Crippen molar-refractivity contribution < 1.29 is 4.79 Å². The number of aliphatic imine (C=N–C) groups is 1. The number of amides is 1. The molecule has 0 atom stereocenters. The van der Waals surface area contributed by atoms with Gasteiger partial charge in [-0.2, -0.15) is 0 Å². The summed E-state index contributed by atoms with van der Waals surface area (Å²) in [4.78, 5) is 15.5. The van der Waals surface area contributed by atoms with Gasteiger partial charge in [-0.3, -0.25) is 9.79 Å². The van der Waals surface area contributed by atoms with Crippen LogP contribution in [-0.4, -0.2) is 24.8 Å². The summed E-state index contributed by atoms with van der Waals surface area (Å²) in [6.45, 7) is 2.93. The van der Waals surface area contributed by atoms with Crippen LogP contribution in [0, 0.1) is 5.92 Å². The molecule has 92 valence electrons. The van der Waals surface area contributed by atoms with Gasteiger partial charge in [0.2, 0.25) is 5.91 Å². The van der Waals surface area contributed by atoms with Gasteiger partial charge in [0.15, 0.2) is 0 Å². The largest absolute Gasteiger partial charge is 0.387 e. The second kappa shape index (κ2) is 7.25. The molecule has 0 aromatic rings. The van der Waals surface area contributed by atoms with Crippen LogP contribution in [-0.2, 0) is 4.79 Å². The molecule has 1 rings (SSSR count). The van der Waals surface area contributed by atoms with Crippen LogP contribution in [0.4, 0.5) is 0 Å². The number of carbonyl (C=O) groups excluding carboxylic acids is 1. The Balaban J connectivity index is 2.28. The number of rotatable bonds is 5. The lowest BCUT2D eigenvalue weighted by Crippen LogP contribution is -2.30. The van der Waals surface area contributed by atoms with Gasteiger partial charge in [-0.15, -0.1) is 0 Å². The van der Waals surface area contributed by atoms with Crippen molar-refractivity contribution in [2.75, 3.05) is 13.1 Å². The van der Waals surface area contributed by atoms with E-state index >= 15 is 0 Å². The first kappa shape index (κ1) is 13.0. The predicted octanol–water partition coefficient (Wildman–Crippen LogP) is 1.45. The first-order chi connectivity index (χ1) is 7.74. The average Bonchev–Trinajstić information content (AvgIpc) is 2.34. The molecular formula is C12H23N3O. The minimum atomic E-state index is -0.0272. The average molecular weight is 225 g/mol. The third-order valence-electron chi connectivity index (χ3n) is 3.00. The van der Waals surface area contributed by atoms with Crippen molar-refractivity contribution in [3.8, 4) is 0 Å². The van der Waals surface area contributed by atoms with Crippen LogP contribution < -0.4 is 11.1 Å². The zero-order valence-electron chi connectivity index (χ0n) is 10.2. The van der Waals surface area contributed by atoms with E-state index in [2.05, 4.69) is 10.3 Å². The molecule has 0 aliphatic heterocycles. The maximum atomic E-state index is 11.3. The Morgan fingerprint density at radius 2 is 2.06 bits per heavy atom. The zero-order chi connectivity index (χ0) is 11.8. The van der Waals surface area contributed by atoms with E-state index in [1.165, 1.54) is 19.3 Å². The Morgan fingerprint density at radius 1 is 1.38 bits per heavy atom. The molecule has 0 saturated heterocycles. The van der Waals surface area contributed by atoms with E-state index in [4.69, 9.17) is 5.73 Å². The van der Waals surface area contributed by atoms with Crippen LogP contribution in [0.3, 0.4) is 0 Å². The molecule has 0 spiro atoms. The van der Waals surface area contributed by atoms with Crippen LogP contribution in [0.15, 0.2) is 4.99 Å². The smallest absolute Gasteiger partial charge is 0.241 e. The number of hydrogen-bond acceptors (Lipinski definition) is 2. The summed E-state index contributed by atoms with van der Waals surface area (Å²) < 4.78 is 0. The summed E-state index contributed by atoms with van der Waals surface area (Å²) in [6, 6.07) is 0. The topological polar surface area (TPSA) is 67.5 Å². The van der Waals surface area contributed by atoms with Gasteiger partial charge in [0, 0.05) is 12.5 Å². The first-order valence-electron chi connectivity index (χ1n) is 6.30. The SMILES string of the molecule is CCCNC(=O)CN=C(N)C1CCCCC1. The Bertz CT molecular complexity index is 245. The van der Waals surface area contributed by atoms with Crippen LogP contribution in [0.25, 0.3) is 0 Å². The molecule has 0 unspecified atom stereocenters. The molecule has 0 radical (unpaired) electrons. The van der Waals surface area contributed by atoms with Crippen molar-refractivity contribution in [3.05, 3.63) is 0 Å². The zero-order valence-corrected chi connectivity index (χ0v) is 10.2. The fourth-order valence-electron chi connectivity index (χ4n) is 2.01. The summed E-state index contributed by atoms with van der Waals surface area (Å²) in [7, 11) is 0. The van der Waals surface area contributed by atoms with E-state index in [0.717, 1.165) is 25.8 Å². The standard InChI is InChI=1S/C12H23N3O/c1-2-8-14-11(16)9-15-12(13)10-6-4-3-5-7-10/h10H,2-9H2,1H3,(H2,13,15)(H,14,16). The summed E-state index contributed by atoms with van der Waals surface area (Å²) in [5.41, 5.74) is 5.90. The maximum Gasteiger partial charge on any atom is 0.241 e. The fourth-order valence-corrected chi connectivity index (χ4v) is 2.01. The van der Waals surface area contributed by atoms with Gasteiger partial charge in [0.1, 0.15) is 6.54 Å². The highest BCUT2D eigenvalue weighted by molar-refractivity contribution is 5.86. The third kappa shape index (κ3) is 4.64. The molecule has 0 heterocycles. The number of carbonyl (C=O) groups is 1. The van der Waals surface area contributed by atoms with E-state index < -0.39 is 0 Å². The second-order valence-electron chi connectivity index (χ2n) is 4.43. The maximum absolute atomic E-state index is 11.3. The quantitative estimate of drug-likeness (QED) is 0.549. The molecule has 16 heavy (non-hydrogen) atoms. The molecule has 1 saturated carbocycles. The number of nitrogens with zero attached hydrogens (tertiary/aromatic N) is 1. The van der Waals surface area contributed by atoms with Crippen LogP contribution in [0.2, 0.25) is 0 Å². The van der Waals surface area contributed by atoms with Crippen molar-refractivity contribution in [1.29, 1.82) is 0 Å². The van der Waals surface area contributed by atoms with E-state index in [1.807, 2.05) is 6.92 Å². The Morgan fingerprint density at radius 3 is 2.69 bits per heavy atom. The van der Waals surface area contributed by atoms with Gasteiger partial charge in [-0.25, -0.2) is 0 Å². The number of hydrogen-bond donors (Lipinski definition) is 2. The predicted molar refractivity (Wildman–Crippen MR) is 66.4 cm³/mol. The molecule has 4 nitrogen and oxygen atoms in total. The molecule has 1 fully saturated rings. The molecule has 3 N–H and O–H groups in total. The van der Waals surface area contributed by atoms with Crippen molar-refractivity contribution in [1.82, 2.24) is 5.32 Å². The van der Waals surface area contributed by atoms with Gasteiger partial charge in [-0.1, -0.05) is 26.2 Å². The number of nitrogens with one attached hydrogen (secondary N) is 1. The highest BCUT2D eigenvalue weighted by Crippen LogP contribution is 2.23. The summed E-state index contributed by atoms with van der Waals surface area (Å²) in [6.07, 6.45) is 7.00. The van der Waals surface area contributed by atoms with Crippen molar-refractivity contribution in [3.63, 3.8) is 0 Å². The van der Waals surface area contributed by atoms with E-state index in [1.54, 1.807) is 0 Å². The molecule has 0 aromatic carbocycles. The fraction of sp³-hybridized carbons (Fsp3) is 0.833. The van der Waals surface area contributed by atoms with Crippen molar-refractivity contribution in [2.24, 2.45) is 16.6 Å². The van der Waals surface area contributed by atoms with Crippen molar-refractivity contribution in [2.45, 2.75) is 45.4 Å². The number of amidine groups is 1. The minimum Gasteiger partial charge on any atom is -0.387 e. The number of nitrogens with two attached hydrogens (primary N) is 1. The molecule has 1 amide bonds. The summed E-state index contributed by atoms with van der Waals surface area (Å²) in [5, 5.41) is 2.79. The van der Waals surface area contributed by atoms with E-state index in [9.17, 15) is 4.79 Å². The summed E-state index contributed by atoms with van der Waals surface area (Å²) in [5.74, 6) is 1.06. The van der Waals surface area contributed by atoms with Gasteiger partial charge in [0.25, 0.3) is 0 Å². The second-order valence-corrected chi connectivity index (χ2v) is 4.43. The molecule has 1 aliphatic rings. The lowest BCUT2D eigenvalue weighted by molar-refractivity contribution is -0.119. The van der Waals surface area contributed by atoms with Gasteiger partial charge >= 0.3 is 0 Å². The van der Waals surface area contributed by atoms with Crippen LogP contribution in [0.1, 0.15) is 45.4 Å². The molecule has 0 bridgehead atoms. The molecule has 0 aromatic heterocycles. The van der Waals surface area contributed by atoms with Crippen molar-refractivity contribution >= 4 is 11.7 Å². The van der Waals surface area contributed by atoms with Gasteiger partial charge in [0.05, 0.1) is 5.84 Å². The monoisotopic (exact) mass is 225 g/mol. The Kier molecular flexibility index (Phi) is 5.90. The Hall–Kier alpha value is -1.06. The molecular weight excluding hydrogens is 202 g/mol. The van der Waals surface area contributed by atoms with Gasteiger partial charge in [-0.05, 0) is 19.3 Å². The minimum absolute atomic E-state index is 0.0272. The highest BCUT2D eigenvalue weighted by atomic mass is 16.1. The van der Waals surface area contributed by atoms with Gasteiger partial charge < -0.3 is 11.1 Å². The molecule has 1 aliphatic carbocycles. The lowest BCUT2D eigenvalue weighted by atomic mass is 9.88. The van der Waals surface area contributed by atoms with Crippen LogP contribution in [0.5, 0.6) is 0 Å². The molecule has 4 heteroatoms. The summed E-state index contributed by atoms with van der Waals surface area (Å²) >= 11 is 0. The van der Waals surface area contributed by atoms with E-state index in [0.29, 0.717) is 11.8 Å². The third-order valence-corrected chi connectivity index (χ3v) is 3.00.